The van der Waals surface area contributed by atoms with Gasteiger partial charge in [-0.2, -0.15) is 0 Å². The number of phenolic OH excluding ortho intramolecular Hbond substituents is 1. The van der Waals surface area contributed by atoms with E-state index in [-0.39, 0.29) is 15.8 Å². The molecule has 3 nitrogen and oxygen atoms in total. The quantitative estimate of drug-likeness (QED) is 0.396. The van der Waals surface area contributed by atoms with Gasteiger partial charge in [0.2, 0.25) is 0 Å². The summed E-state index contributed by atoms with van der Waals surface area (Å²) in [4.78, 5) is 0. The monoisotopic (exact) mass is 441 g/mol. The minimum Gasteiger partial charge on any atom is -0.505 e. The Hall–Kier alpha value is -1.78. The second-order valence-corrected chi connectivity index (χ2v) is 7.42. The summed E-state index contributed by atoms with van der Waals surface area (Å²) in [6.07, 6.45) is 0. The Morgan fingerprint density at radius 2 is 1.52 bits per heavy atom. The molecule has 0 aromatic heterocycles. The van der Waals surface area contributed by atoms with Crippen LogP contribution in [0, 0.1) is 0 Å². The lowest BCUT2D eigenvalue weighted by Crippen LogP contribution is -2.04. The summed E-state index contributed by atoms with van der Waals surface area (Å²) in [6, 6.07) is 16.3. The third-order valence-corrected chi connectivity index (χ3v) is 5.17. The summed E-state index contributed by atoms with van der Waals surface area (Å²) in [5.41, 5.74) is 2.57. The van der Waals surface area contributed by atoms with Gasteiger partial charge in [0.25, 0.3) is 0 Å². The maximum atomic E-state index is 9.65. The van der Waals surface area contributed by atoms with E-state index in [0.29, 0.717) is 28.9 Å². The van der Waals surface area contributed by atoms with Gasteiger partial charge >= 0.3 is 0 Å². The molecule has 0 fully saturated rings. The zero-order chi connectivity index (χ0) is 19.4. The molecule has 3 aromatic carbocycles. The molecular formula is C20H15Cl4NO2. The molecule has 27 heavy (non-hydrogen) atoms. The van der Waals surface area contributed by atoms with Crippen LogP contribution in [0.5, 0.6) is 11.5 Å². The maximum absolute atomic E-state index is 9.65. The summed E-state index contributed by atoms with van der Waals surface area (Å²) in [5.74, 6) is 0.612. The second-order valence-electron chi connectivity index (χ2n) is 5.79. The molecule has 3 aromatic rings. The molecule has 0 aliphatic rings. The lowest BCUT2D eigenvalue weighted by Gasteiger charge is -2.14. The highest BCUT2D eigenvalue weighted by Gasteiger charge is 2.08. The average molecular weight is 443 g/mol. The first-order valence-electron chi connectivity index (χ1n) is 8.00. The summed E-state index contributed by atoms with van der Waals surface area (Å²) >= 11 is 23.9. The number of hydrogen-bond acceptors (Lipinski definition) is 3. The largest absolute Gasteiger partial charge is 0.505 e. The van der Waals surface area contributed by atoms with Gasteiger partial charge in [0, 0.05) is 17.8 Å². The number of ether oxygens (including phenoxy) is 1. The molecule has 0 amide bonds. The highest BCUT2D eigenvalue weighted by atomic mass is 35.5. The van der Waals surface area contributed by atoms with Gasteiger partial charge < -0.3 is 15.2 Å². The topological polar surface area (TPSA) is 41.5 Å². The molecule has 0 saturated carbocycles. The fourth-order valence-corrected chi connectivity index (χ4v) is 3.25. The van der Waals surface area contributed by atoms with Gasteiger partial charge in [-0.15, -0.1) is 0 Å². The molecule has 7 heteroatoms. The molecule has 2 N–H and O–H groups in total. The van der Waals surface area contributed by atoms with Gasteiger partial charge in [0.1, 0.15) is 12.4 Å². The van der Waals surface area contributed by atoms with Crippen LogP contribution in [-0.2, 0) is 13.2 Å². The van der Waals surface area contributed by atoms with E-state index in [1.807, 2.05) is 30.3 Å². The van der Waals surface area contributed by atoms with Gasteiger partial charge in [-0.05, 0) is 35.9 Å². The van der Waals surface area contributed by atoms with E-state index in [1.165, 1.54) is 0 Å². The third kappa shape index (κ3) is 5.14. The molecule has 0 spiro atoms. The van der Waals surface area contributed by atoms with Crippen LogP contribution < -0.4 is 10.1 Å². The van der Waals surface area contributed by atoms with E-state index < -0.39 is 0 Å². The normalized spacial score (nSPS) is 10.7. The molecule has 0 bridgehead atoms. The molecule has 0 aliphatic carbocycles. The van der Waals surface area contributed by atoms with Crippen molar-refractivity contribution in [3.63, 3.8) is 0 Å². The maximum Gasteiger partial charge on any atom is 0.152 e. The lowest BCUT2D eigenvalue weighted by atomic mass is 10.2. The number of anilines is 1. The van der Waals surface area contributed by atoms with Crippen molar-refractivity contribution in [3.05, 3.63) is 85.8 Å². The van der Waals surface area contributed by atoms with Gasteiger partial charge in [-0.3, -0.25) is 0 Å². The number of benzene rings is 3. The fraction of sp³-hybridized carbons (Fsp3) is 0.100. The van der Waals surface area contributed by atoms with E-state index in [9.17, 15) is 5.11 Å². The van der Waals surface area contributed by atoms with Crippen molar-refractivity contribution in [2.75, 3.05) is 5.32 Å². The smallest absolute Gasteiger partial charge is 0.152 e. The fourth-order valence-electron chi connectivity index (χ4n) is 2.45. The van der Waals surface area contributed by atoms with Crippen molar-refractivity contribution < 1.29 is 9.84 Å². The lowest BCUT2D eigenvalue weighted by molar-refractivity contribution is 0.303. The first-order valence-corrected chi connectivity index (χ1v) is 9.51. The first kappa shape index (κ1) is 20.0. The van der Waals surface area contributed by atoms with E-state index in [4.69, 9.17) is 51.1 Å². The number of para-hydroxylation sites is 1. The van der Waals surface area contributed by atoms with Crippen LogP contribution in [0.15, 0.2) is 54.6 Å². The Kier molecular flexibility index (Phi) is 6.61. The number of phenols is 1. The number of halogens is 4. The number of aromatic hydroxyl groups is 1. The Morgan fingerprint density at radius 3 is 2.22 bits per heavy atom. The van der Waals surface area contributed by atoms with Crippen LogP contribution >= 0.6 is 46.4 Å². The predicted molar refractivity (Wildman–Crippen MR) is 113 cm³/mol. The summed E-state index contributed by atoms with van der Waals surface area (Å²) in [5, 5.41) is 14.3. The number of hydrogen-bond donors (Lipinski definition) is 2. The molecule has 0 heterocycles. The van der Waals surface area contributed by atoms with Gasteiger partial charge in [0.05, 0.1) is 20.1 Å². The highest BCUT2D eigenvalue weighted by molar-refractivity contribution is 6.42. The van der Waals surface area contributed by atoms with Crippen molar-refractivity contribution in [2.24, 2.45) is 0 Å². The minimum atomic E-state index is -0.130. The zero-order valence-corrected chi connectivity index (χ0v) is 17.0. The van der Waals surface area contributed by atoms with E-state index >= 15 is 0 Å². The van der Waals surface area contributed by atoms with Gasteiger partial charge in [-0.25, -0.2) is 0 Å². The zero-order valence-electron chi connectivity index (χ0n) is 14.0. The first-order chi connectivity index (χ1) is 12.9. The molecular weight excluding hydrogens is 428 g/mol. The van der Waals surface area contributed by atoms with Crippen molar-refractivity contribution >= 4 is 52.1 Å². The van der Waals surface area contributed by atoms with Crippen molar-refractivity contribution in [1.82, 2.24) is 0 Å². The van der Waals surface area contributed by atoms with Crippen LogP contribution in [0.4, 0.5) is 5.69 Å². The molecule has 3 rings (SSSR count). The molecule has 0 atom stereocenters. The van der Waals surface area contributed by atoms with E-state index in [1.54, 1.807) is 24.3 Å². The third-order valence-electron chi connectivity index (χ3n) is 3.85. The molecule has 0 aliphatic heterocycles. The molecule has 0 saturated heterocycles. The van der Waals surface area contributed by atoms with Crippen LogP contribution in [0.3, 0.4) is 0 Å². The van der Waals surface area contributed by atoms with Crippen LogP contribution in [-0.4, -0.2) is 5.11 Å². The van der Waals surface area contributed by atoms with Crippen LogP contribution in [0.2, 0.25) is 20.1 Å². The van der Waals surface area contributed by atoms with Crippen molar-refractivity contribution in [1.29, 1.82) is 0 Å². The highest BCUT2D eigenvalue weighted by Crippen LogP contribution is 2.35. The Morgan fingerprint density at radius 1 is 0.815 bits per heavy atom. The van der Waals surface area contributed by atoms with E-state index in [2.05, 4.69) is 5.32 Å². The van der Waals surface area contributed by atoms with Gasteiger partial charge in [-0.1, -0.05) is 70.7 Å². The average Bonchev–Trinajstić information content (AvgIpc) is 2.66. The van der Waals surface area contributed by atoms with Crippen molar-refractivity contribution in [3.8, 4) is 11.5 Å². The molecule has 0 unspecified atom stereocenters. The summed E-state index contributed by atoms with van der Waals surface area (Å²) in [6.45, 7) is 0.861. The Bertz CT molecular complexity index is 939. The number of rotatable bonds is 6. The molecule has 0 radical (unpaired) electrons. The van der Waals surface area contributed by atoms with Crippen molar-refractivity contribution in [2.45, 2.75) is 13.2 Å². The Labute approximate surface area is 177 Å². The summed E-state index contributed by atoms with van der Waals surface area (Å²) in [7, 11) is 0. The summed E-state index contributed by atoms with van der Waals surface area (Å²) < 4.78 is 5.94. The SMILES string of the molecule is Oc1c(Cl)cc(NCc2ccccc2OCc2ccc(Cl)c(Cl)c2)cc1Cl. The second kappa shape index (κ2) is 8.94. The van der Waals surface area contributed by atoms with Gasteiger partial charge in [0.15, 0.2) is 5.75 Å². The standard InChI is InChI=1S/C20H15Cl4NO2/c21-15-6-5-12(7-16(15)22)11-27-19-4-2-1-3-13(19)10-25-14-8-17(23)20(26)18(24)9-14/h1-9,25-26H,10-11H2. The minimum absolute atomic E-state index is 0.130. The Balaban J connectivity index is 1.69. The number of nitrogens with one attached hydrogen (secondary N) is 1. The predicted octanol–water partition coefficient (Wildman–Crippen LogP) is 7.20. The van der Waals surface area contributed by atoms with Crippen LogP contribution in [0.25, 0.3) is 0 Å². The van der Waals surface area contributed by atoms with E-state index in [0.717, 1.165) is 16.9 Å². The van der Waals surface area contributed by atoms with Crippen LogP contribution in [0.1, 0.15) is 11.1 Å². The molecule has 140 valence electrons.